The van der Waals surface area contributed by atoms with Gasteiger partial charge in [0.1, 0.15) is 21.4 Å². The van der Waals surface area contributed by atoms with Crippen LogP contribution in [-0.4, -0.2) is 68.1 Å². The normalized spacial score (nSPS) is 17.7. The largest absolute Gasteiger partial charge is 0.341 e. The number of anilines is 5. The van der Waals surface area contributed by atoms with E-state index in [0.717, 1.165) is 37.2 Å². The molecule has 0 amide bonds. The maximum absolute atomic E-state index is 13.7. The van der Waals surface area contributed by atoms with E-state index in [4.69, 9.17) is 26.1 Å². The molecule has 0 aliphatic carbocycles. The SMILES string of the molecule is O=S1CCc2nc(Cl)nc(Nc3cccc(F)c3)c21.O=S1CCc2nc(N3CCC(c4nc(-c5ccncc5)no4)CC3)nc(Nc3cccc(F)c3)c21. The highest BCUT2D eigenvalue weighted by molar-refractivity contribution is 7.85. The Labute approximate surface area is 318 Å². The minimum atomic E-state index is -1.18. The van der Waals surface area contributed by atoms with Crippen LogP contribution in [0.15, 0.2) is 87.4 Å². The van der Waals surface area contributed by atoms with E-state index in [1.807, 2.05) is 12.1 Å². The van der Waals surface area contributed by atoms with Crippen molar-refractivity contribution < 1.29 is 21.7 Å². The second kappa shape index (κ2) is 15.6. The van der Waals surface area contributed by atoms with E-state index in [9.17, 15) is 17.2 Å². The Balaban J connectivity index is 0.000000183. The molecule has 0 bridgehead atoms. The summed E-state index contributed by atoms with van der Waals surface area (Å²) >= 11 is 5.84. The fraction of sp³-hybridized carbons (Fsp3) is 0.250. The van der Waals surface area contributed by atoms with Crippen LogP contribution in [0.25, 0.3) is 11.4 Å². The van der Waals surface area contributed by atoms with Gasteiger partial charge >= 0.3 is 0 Å². The van der Waals surface area contributed by atoms with Crippen molar-refractivity contribution in [1.29, 1.82) is 0 Å². The first-order valence-electron chi connectivity index (χ1n) is 17.1. The summed E-state index contributed by atoms with van der Waals surface area (Å²) < 4.78 is 56.9. The van der Waals surface area contributed by atoms with E-state index < -0.39 is 21.6 Å². The van der Waals surface area contributed by atoms with Gasteiger partial charge in [0.05, 0.1) is 33.0 Å². The van der Waals surface area contributed by atoms with Gasteiger partial charge in [-0.2, -0.15) is 15.0 Å². The molecule has 4 aromatic heterocycles. The van der Waals surface area contributed by atoms with E-state index in [1.54, 1.807) is 36.7 Å². The molecule has 1 saturated heterocycles. The quantitative estimate of drug-likeness (QED) is 0.168. The summed E-state index contributed by atoms with van der Waals surface area (Å²) in [5.74, 6) is 3.13. The fourth-order valence-electron chi connectivity index (χ4n) is 6.41. The van der Waals surface area contributed by atoms with Gasteiger partial charge in [-0.3, -0.25) is 13.4 Å². The highest BCUT2D eigenvalue weighted by Gasteiger charge is 2.31. The molecular weight excluding hydrogens is 758 g/mol. The van der Waals surface area contributed by atoms with Crippen LogP contribution < -0.4 is 15.5 Å². The molecule has 18 heteroatoms. The molecule has 276 valence electrons. The molecule has 9 rings (SSSR count). The summed E-state index contributed by atoms with van der Waals surface area (Å²) in [6.45, 7) is 1.44. The molecular formula is C36H31ClF2N10O3S2. The summed E-state index contributed by atoms with van der Waals surface area (Å²) in [7, 11) is -2.31. The van der Waals surface area contributed by atoms with Crippen molar-refractivity contribution in [3.8, 4) is 11.4 Å². The van der Waals surface area contributed by atoms with Crippen molar-refractivity contribution in [2.24, 2.45) is 0 Å². The van der Waals surface area contributed by atoms with Gasteiger partial charge in [-0.1, -0.05) is 17.3 Å². The third kappa shape index (κ3) is 7.83. The maximum Gasteiger partial charge on any atom is 0.230 e. The smallest absolute Gasteiger partial charge is 0.230 e. The van der Waals surface area contributed by atoms with E-state index >= 15 is 0 Å². The number of nitrogens with one attached hydrogen (secondary N) is 2. The Bertz CT molecular complexity index is 2380. The van der Waals surface area contributed by atoms with Crippen molar-refractivity contribution in [3.63, 3.8) is 0 Å². The maximum atomic E-state index is 13.7. The second-order valence-electron chi connectivity index (χ2n) is 12.6. The predicted octanol–water partition coefficient (Wildman–Crippen LogP) is 6.53. The van der Waals surface area contributed by atoms with Crippen molar-refractivity contribution in [2.45, 2.75) is 41.4 Å². The number of hydrogen-bond donors (Lipinski definition) is 2. The number of hydrogen-bond acceptors (Lipinski definition) is 13. The molecule has 1 fully saturated rings. The molecule has 7 heterocycles. The number of benzene rings is 2. The minimum absolute atomic E-state index is 0.0940. The monoisotopic (exact) mass is 788 g/mol. The molecule has 2 aromatic carbocycles. The molecule has 0 spiro atoms. The second-order valence-corrected chi connectivity index (χ2v) is 15.9. The number of piperidine rings is 1. The fourth-order valence-corrected chi connectivity index (χ4v) is 9.21. The van der Waals surface area contributed by atoms with Crippen LogP contribution in [0.5, 0.6) is 0 Å². The number of pyridine rings is 1. The highest BCUT2D eigenvalue weighted by Crippen LogP contribution is 2.35. The molecule has 0 radical (unpaired) electrons. The summed E-state index contributed by atoms with van der Waals surface area (Å²) in [5, 5.41) is 10.3. The molecule has 0 saturated carbocycles. The lowest BCUT2D eigenvalue weighted by Gasteiger charge is -2.30. The van der Waals surface area contributed by atoms with Crippen molar-refractivity contribution >= 4 is 62.2 Å². The first-order valence-corrected chi connectivity index (χ1v) is 20.1. The average molecular weight is 789 g/mol. The third-order valence-electron chi connectivity index (χ3n) is 9.02. The van der Waals surface area contributed by atoms with Crippen LogP contribution in [0.4, 0.5) is 37.7 Å². The Hall–Kier alpha value is -5.26. The third-order valence-corrected chi connectivity index (χ3v) is 12.1. The van der Waals surface area contributed by atoms with Crippen LogP contribution in [0, 0.1) is 11.6 Å². The first kappa shape index (κ1) is 35.8. The van der Waals surface area contributed by atoms with Gasteiger partial charge in [0.2, 0.25) is 22.9 Å². The van der Waals surface area contributed by atoms with Crippen LogP contribution in [0.1, 0.15) is 36.0 Å². The van der Waals surface area contributed by atoms with Crippen LogP contribution >= 0.6 is 11.6 Å². The molecule has 2 atom stereocenters. The van der Waals surface area contributed by atoms with Gasteiger partial charge in [-0.05, 0) is 73.0 Å². The van der Waals surface area contributed by atoms with E-state index in [2.05, 4.69) is 40.6 Å². The Morgan fingerprint density at radius 3 is 1.96 bits per heavy atom. The van der Waals surface area contributed by atoms with Gasteiger partial charge in [-0.15, -0.1) is 0 Å². The highest BCUT2D eigenvalue weighted by atomic mass is 35.5. The number of nitrogens with zero attached hydrogens (tertiary/aromatic N) is 8. The predicted molar refractivity (Wildman–Crippen MR) is 200 cm³/mol. The Kier molecular flexibility index (Phi) is 10.3. The zero-order chi connectivity index (χ0) is 37.2. The van der Waals surface area contributed by atoms with Gasteiger partial charge in [0, 0.05) is 72.7 Å². The molecule has 13 nitrogen and oxygen atoms in total. The molecule has 2 N–H and O–H groups in total. The van der Waals surface area contributed by atoms with Crippen molar-refractivity contribution in [3.05, 3.63) is 107 Å². The van der Waals surface area contributed by atoms with Crippen LogP contribution in [0.2, 0.25) is 5.28 Å². The standard InChI is InChI=1S/C24H22FN7O2S.C12H9ClFN3OS/c25-17-2-1-3-18(14-17)27-22-20-19(8-13-35(20)33)28-24(30-22)32-11-6-16(7-12-32)23-29-21(31-34-23)15-4-9-26-10-5-15;13-12-16-9-4-5-19(18)10(9)11(17-12)15-8-3-1-2-7(14)6-8/h1-5,9-10,14,16H,6-8,11-13H2,(H,27,28,30);1-3,6H,4-5H2,(H,15,16,17). The Morgan fingerprint density at radius 1 is 0.759 bits per heavy atom. The van der Waals surface area contributed by atoms with Crippen molar-refractivity contribution in [1.82, 2.24) is 35.1 Å². The minimum Gasteiger partial charge on any atom is -0.341 e. The van der Waals surface area contributed by atoms with Crippen LogP contribution in [-0.2, 0) is 34.4 Å². The molecule has 6 aromatic rings. The summed E-state index contributed by atoms with van der Waals surface area (Å²) in [6, 6.07) is 15.8. The number of aryl methyl sites for hydroxylation is 2. The first-order chi connectivity index (χ1) is 26.3. The van der Waals surface area contributed by atoms with E-state index in [0.29, 0.717) is 80.5 Å². The number of halogens is 3. The summed E-state index contributed by atoms with van der Waals surface area (Å²) in [6.07, 6.45) is 6.28. The lowest BCUT2D eigenvalue weighted by molar-refractivity contribution is 0.329. The van der Waals surface area contributed by atoms with Gasteiger partial charge < -0.3 is 20.1 Å². The van der Waals surface area contributed by atoms with E-state index in [-0.39, 0.29) is 22.8 Å². The lowest BCUT2D eigenvalue weighted by Crippen LogP contribution is -2.34. The Morgan fingerprint density at radius 2 is 1.35 bits per heavy atom. The summed E-state index contributed by atoms with van der Waals surface area (Å²) in [5.41, 5.74) is 3.43. The molecule has 54 heavy (non-hydrogen) atoms. The molecule has 2 unspecified atom stereocenters. The zero-order valence-electron chi connectivity index (χ0n) is 28.4. The number of rotatable bonds is 7. The zero-order valence-corrected chi connectivity index (χ0v) is 30.8. The molecule has 3 aliphatic rings. The van der Waals surface area contributed by atoms with E-state index in [1.165, 1.54) is 24.3 Å². The lowest BCUT2D eigenvalue weighted by atomic mass is 9.97. The number of fused-ring (bicyclic) bond motifs is 2. The average Bonchev–Trinajstić information content (AvgIpc) is 3.91. The van der Waals surface area contributed by atoms with Crippen LogP contribution in [0.3, 0.4) is 0 Å². The summed E-state index contributed by atoms with van der Waals surface area (Å²) in [4.78, 5) is 29.5. The van der Waals surface area contributed by atoms with Gasteiger partial charge in [0.15, 0.2) is 11.6 Å². The van der Waals surface area contributed by atoms with Crippen molar-refractivity contribution in [2.75, 3.05) is 40.1 Å². The number of aromatic nitrogens is 7. The topological polar surface area (TPSA) is 165 Å². The molecule has 3 aliphatic heterocycles. The van der Waals surface area contributed by atoms with Gasteiger partial charge in [0.25, 0.3) is 0 Å². The van der Waals surface area contributed by atoms with Gasteiger partial charge in [-0.25, -0.2) is 18.7 Å².